The highest BCUT2D eigenvalue weighted by Gasteiger charge is 1.81. The molecule has 0 N–H and O–H groups in total. The summed E-state index contributed by atoms with van der Waals surface area (Å²) < 4.78 is 1.93. The smallest absolute Gasteiger partial charge is 0.0946 e. The third kappa shape index (κ3) is 3.19. The Morgan fingerprint density at radius 2 is 2.11 bits per heavy atom. The van der Waals surface area contributed by atoms with Crippen LogP contribution in [0.25, 0.3) is 0 Å². The molecule has 0 bridgehead atoms. The lowest BCUT2D eigenvalue weighted by Gasteiger charge is -1.78. The molecule has 0 saturated carbocycles. The van der Waals surface area contributed by atoms with Crippen LogP contribution in [0.1, 0.15) is 5.69 Å². The van der Waals surface area contributed by atoms with E-state index in [9.17, 15) is 0 Å². The van der Waals surface area contributed by atoms with E-state index in [1.165, 1.54) is 0 Å². The maximum Gasteiger partial charge on any atom is 0.0946 e. The topological polar surface area (TPSA) is 17.8 Å². The summed E-state index contributed by atoms with van der Waals surface area (Å²) in [5, 5.41) is 0. The summed E-state index contributed by atoms with van der Waals surface area (Å²) in [7, 11) is 1.96. The number of nitrogens with zero attached hydrogens (tertiary/aromatic N) is 2. The van der Waals surface area contributed by atoms with Gasteiger partial charge in [0, 0.05) is 13.2 Å². The zero-order valence-electron chi connectivity index (χ0n) is 6.00. The van der Waals surface area contributed by atoms with Crippen LogP contribution in [0.3, 0.4) is 0 Å². The lowest BCUT2D eigenvalue weighted by atomic mass is 10.6. The average Bonchev–Trinajstić information content (AvgIpc) is 2.20. The minimum Gasteiger partial charge on any atom is -0.340 e. The van der Waals surface area contributed by atoms with Crippen molar-refractivity contribution in [2.45, 2.75) is 6.92 Å². The van der Waals surface area contributed by atoms with Crippen LogP contribution in [0.15, 0.2) is 12.5 Å². The van der Waals surface area contributed by atoms with Gasteiger partial charge in [0.05, 0.1) is 12.0 Å². The lowest BCUT2D eigenvalue weighted by Crippen LogP contribution is -1.76. The van der Waals surface area contributed by atoms with Crippen LogP contribution < -0.4 is 0 Å². The van der Waals surface area contributed by atoms with Gasteiger partial charge in [0.2, 0.25) is 0 Å². The van der Waals surface area contributed by atoms with E-state index in [0.717, 1.165) is 5.69 Å². The standard InChI is InChI=1S/C5H8N2.CH4S/c1-5-3-7(2)4-6-5;1-2/h3-4H,1-2H3;2H,1H3. The first-order valence-electron chi connectivity index (χ1n) is 2.68. The molecule has 0 unspecified atom stereocenters. The SMILES string of the molecule is CS.Cc1cn(C)cn1. The summed E-state index contributed by atoms with van der Waals surface area (Å²) in [6.07, 6.45) is 5.45. The highest BCUT2D eigenvalue weighted by Crippen LogP contribution is 1.86. The van der Waals surface area contributed by atoms with Crippen LogP contribution in [0.2, 0.25) is 0 Å². The van der Waals surface area contributed by atoms with E-state index in [1.54, 1.807) is 12.6 Å². The van der Waals surface area contributed by atoms with Gasteiger partial charge in [-0.15, -0.1) is 0 Å². The summed E-state index contributed by atoms with van der Waals surface area (Å²) in [6, 6.07) is 0. The zero-order valence-corrected chi connectivity index (χ0v) is 6.89. The van der Waals surface area contributed by atoms with E-state index in [2.05, 4.69) is 17.6 Å². The van der Waals surface area contributed by atoms with Crippen LogP contribution in [0, 0.1) is 6.92 Å². The van der Waals surface area contributed by atoms with Crippen LogP contribution in [-0.4, -0.2) is 15.8 Å². The van der Waals surface area contributed by atoms with Crippen molar-refractivity contribution >= 4 is 12.6 Å². The predicted molar refractivity (Wildman–Crippen MR) is 42.9 cm³/mol. The minimum atomic E-state index is 1.07. The minimum absolute atomic E-state index is 1.07. The largest absolute Gasteiger partial charge is 0.340 e. The summed E-state index contributed by atoms with van der Waals surface area (Å²) in [6.45, 7) is 1.97. The number of imidazole rings is 1. The van der Waals surface area contributed by atoms with E-state index in [4.69, 9.17) is 0 Å². The van der Waals surface area contributed by atoms with E-state index in [1.807, 2.05) is 24.7 Å². The van der Waals surface area contributed by atoms with E-state index < -0.39 is 0 Å². The number of aryl methyl sites for hydroxylation is 2. The molecule has 1 rings (SSSR count). The third-order valence-electron chi connectivity index (χ3n) is 0.834. The second-order valence-corrected chi connectivity index (χ2v) is 1.68. The zero-order chi connectivity index (χ0) is 7.28. The molecule has 1 heterocycles. The highest BCUT2D eigenvalue weighted by molar-refractivity contribution is 7.79. The van der Waals surface area contributed by atoms with Gasteiger partial charge in [-0.1, -0.05) is 0 Å². The molecule has 0 aliphatic heterocycles. The number of thiol groups is 1. The molecule has 52 valence electrons. The maximum absolute atomic E-state index is 3.98. The van der Waals surface area contributed by atoms with Crippen LogP contribution in [0.5, 0.6) is 0 Å². The molecule has 2 nitrogen and oxygen atoms in total. The normalized spacial score (nSPS) is 8.00. The van der Waals surface area contributed by atoms with Crippen molar-refractivity contribution in [1.82, 2.24) is 9.55 Å². The molecule has 0 fully saturated rings. The summed E-state index contributed by atoms with van der Waals surface area (Å²) in [5.41, 5.74) is 1.07. The molecule has 0 aromatic carbocycles. The second kappa shape index (κ2) is 4.44. The van der Waals surface area contributed by atoms with Gasteiger partial charge in [0.1, 0.15) is 0 Å². The van der Waals surface area contributed by atoms with Crippen molar-refractivity contribution in [3.8, 4) is 0 Å². The highest BCUT2D eigenvalue weighted by atomic mass is 32.1. The van der Waals surface area contributed by atoms with Crippen molar-refractivity contribution in [2.24, 2.45) is 7.05 Å². The molecule has 0 atom stereocenters. The molecule has 9 heavy (non-hydrogen) atoms. The van der Waals surface area contributed by atoms with Crippen LogP contribution in [0.4, 0.5) is 0 Å². The van der Waals surface area contributed by atoms with E-state index in [-0.39, 0.29) is 0 Å². The Balaban J connectivity index is 0.000000291. The molecular weight excluding hydrogens is 132 g/mol. The van der Waals surface area contributed by atoms with Crippen molar-refractivity contribution in [3.05, 3.63) is 18.2 Å². The fourth-order valence-corrected chi connectivity index (χ4v) is 0.544. The van der Waals surface area contributed by atoms with Gasteiger partial charge in [0.25, 0.3) is 0 Å². The van der Waals surface area contributed by atoms with Crippen molar-refractivity contribution in [2.75, 3.05) is 6.26 Å². The quantitative estimate of drug-likeness (QED) is 0.543. The van der Waals surface area contributed by atoms with E-state index >= 15 is 0 Å². The molecule has 0 aliphatic carbocycles. The summed E-state index contributed by atoms with van der Waals surface area (Å²) in [5.74, 6) is 0. The number of hydrogen-bond acceptors (Lipinski definition) is 2. The molecule has 0 radical (unpaired) electrons. The van der Waals surface area contributed by atoms with Gasteiger partial charge in [-0.2, -0.15) is 12.6 Å². The van der Waals surface area contributed by atoms with Gasteiger partial charge in [-0.05, 0) is 13.2 Å². The first-order valence-corrected chi connectivity index (χ1v) is 3.58. The van der Waals surface area contributed by atoms with Gasteiger partial charge >= 0.3 is 0 Å². The molecule has 0 amide bonds. The van der Waals surface area contributed by atoms with Crippen LogP contribution >= 0.6 is 12.6 Å². The molecule has 0 saturated heterocycles. The predicted octanol–water partition coefficient (Wildman–Crippen LogP) is 1.27. The Morgan fingerprint density at radius 1 is 1.56 bits per heavy atom. The first-order chi connectivity index (χ1) is 4.29. The third-order valence-corrected chi connectivity index (χ3v) is 0.834. The Kier molecular flexibility index (Phi) is 4.22. The number of aromatic nitrogens is 2. The van der Waals surface area contributed by atoms with Crippen molar-refractivity contribution in [3.63, 3.8) is 0 Å². The first kappa shape index (κ1) is 8.56. The number of hydrogen-bond donors (Lipinski definition) is 1. The monoisotopic (exact) mass is 144 g/mol. The Labute approximate surface area is 61.3 Å². The molecule has 1 aromatic rings. The number of rotatable bonds is 0. The molecular formula is C6H12N2S. The molecule has 1 aromatic heterocycles. The van der Waals surface area contributed by atoms with Gasteiger partial charge < -0.3 is 4.57 Å². The van der Waals surface area contributed by atoms with Crippen LogP contribution in [-0.2, 0) is 7.05 Å². The Bertz CT molecular complexity index is 143. The Hall–Kier alpha value is -0.440. The fourth-order valence-electron chi connectivity index (χ4n) is 0.544. The average molecular weight is 144 g/mol. The molecule has 0 spiro atoms. The molecule has 0 aliphatic rings. The van der Waals surface area contributed by atoms with Crippen molar-refractivity contribution in [1.29, 1.82) is 0 Å². The van der Waals surface area contributed by atoms with Gasteiger partial charge in [-0.3, -0.25) is 0 Å². The van der Waals surface area contributed by atoms with Crippen molar-refractivity contribution < 1.29 is 0 Å². The summed E-state index contributed by atoms with van der Waals surface area (Å²) >= 11 is 3.53. The van der Waals surface area contributed by atoms with E-state index in [0.29, 0.717) is 0 Å². The lowest BCUT2D eigenvalue weighted by molar-refractivity contribution is 0.913. The second-order valence-electron chi connectivity index (χ2n) is 1.68. The Morgan fingerprint density at radius 3 is 2.22 bits per heavy atom. The summed E-state index contributed by atoms with van der Waals surface area (Å²) in [4.78, 5) is 3.98. The molecule has 3 heteroatoms. The van der Waals surface area contributed by atoms with Gasteiger partial charge in [0.15, 0.2) is 0 Å². The van der Waals surface area contributed by atoms with Gasteiger partial charge in [-0.25, -0.2) is 4.98 Å². The maximum atomic E-state index is 3.98. The fraction of sp³-hybridized carbons (Fsp3) is 0.500.